The van der Waals surface area contributed by atoms with Crippen molar-refractivity contribution in [2.45, 2.75) is 49.6 Å². The summed E-state index contributed by atoms with van der Waals surface area (Å²) in [5, 5.41) is 4.15. The van der Waals surface area contributed by atoms with Crippen molar-refractivity contribution in [1.29, 1.82) is 0 Å². The van der Waals surface area contributed by atoms with E-state index in [1.807, 2.05) is 30.3 Å². The largest absolute Gasteiger partial charge is 0.497 e. The van der Waals surface area contributed by atoms with Gasteiger partial charge in [0.1, 0.15) is 5.75 Å². The summed E-state index contributed by atoms with van der Waals surface area (Å²) in [5.74, 6) is 1.20. The average molecular weight is 500 g/mol. The fourth-order valence-electron chi connectivity index (χ4n) is 4.67. The van der Waals surface area contributed by atoms with Gasteiger partial charge in [0.25, 0.3) is 11.5 Å². The van der Waals surface area contributed by atoms with Crippen LogP contribution in [-0.2, 0) is 5.75 Å². The Balaban J connectivity index is 1.57. The van der Waals surface area contributed by atoms with E-state index in [1.54, 1.807) is 29.9 Å². The molecule has 4 aromatic rings. The van der Waals surface area contributed by atoms with Crippen LogP contribution in [0.25, 0.3) is 16.6 Å². The molecule has 0 bridgehead atoms. The summed E-state index contributed by atoms with van der Waals surface area (Å²) in [6.07, 6.45) is 4.33. The molecule has 6 nitrogen and oxygen atoms in total. The first-order valence-corrected chi connectivity index (χ1v) is 13.2. The highest BCUT2D eigenvalue weighted by molar-refractivity contribution is 7.98. The molecule has 1 fully saturated rings. The highest BCUT2D eigenvalue weighted by atomic mass is 32.2. The summed E-state index contributed by atoms with van der Waals surface area (Å²) in [7, 11) is 1.60. The van der Waals surface area contributed by atoms with Crippen LogP contribution >= 0.6 is 11.8 Å². The first kappa shape index (κ1) is 24.1. The Hall–Kier alpha value is -3.58. The van der Waals surface area contributed by atoms with Gasteiger partial charge < -0.3 is 10.1 Å². The van der Waals surface area contributed by atoms with Gasteiger partial charge in [0.2, 0.25) is 0 Å². The number of aryl methyl sites for hydroxylation is 1. The number of nitrogens with zero attached hydrogens (tertiary/aromatic N) is 2. The molecule has 3 aromatic carbocycles. The van der Waals surface area contributed by atoms with Gasteiger partial charge in [-0.2, -0.15) is 0 Å². The van der Waals surface area contributed by atoms with Crippen molar-refractivity contribution in [3.63, 3.8) is 0 Å². The maximum absolute atomic E-state index is 13.7. The smallest absolute Gasteiger partial charge is 0.266 e. The molecule has 0 aliphatic heterocycles. The van der Waals surface area contributed by atoms with Gasteiger partial charge in [-0.25, -0.2) is 4.98 Å². The third-order valence-electron chi connectivity index (χ3n) is 6.55. The topological polar surface area (TPSA) is 73.2 Å². The minimum atomic E-state index is -0.178. The van der Waals surface area contributed by atoms with Gasteiger partial charge in [-0.05, 0) is 55.7 Å². The van der Waals surface area contributed by atoms with Gasteiger partial charge in [0.05, 0.1) is 23.7 Å². The van der Waals surface area contributed by atoms with Gasteiger partial charge >= 0.3 is 0 Å². The quantitative estimate of drug-likeness (QED) is 0.262. The summed E-state index contributed by atoms with van der Waals surface area (Å²) in [4.78, 5) is 31.5. The molecule has 1 saturated carbocycles. The minimum absolute atomic E-state index is 0.114. The number of thioether (sulfide) groups is 1. The Labute approximate surface area is 214 Å². The second-order valence-corrected chi connectivity index (χ2v) is 10.1. The number of benzene rings is 3. The van der Waals surface area contributed by atoms with E-state index in [9.17, 15) is 9.59 Å². The van der Waals surface area contributed by atoms with Gasteiger partial charge in [-0.1, -0.05) is 60.5 Å². The van der Waals surface area contributed by atoms with Crippen LogP contribution in [-0.4, -0.2) is 28.6 Å². The number of fused-ring (bicyclic) bond motifs is 1. The molecule has 7 heteroatoms. The highest BCUT2D eigenvalue weighted by Crippen LogP contribution is 2.27. The summed E-state index contributed by atoms with van der Waals surface area (Å²) < 4.78 is 7.02. The van der Waals surface area contributed by atoms with E-state index in [-0.39, 0.29) is 17.5 Å². The number of aromatic nitrogens is 2. The molecule has 0 unspecified atom stereocenters. The zero-order valence-corrected chi connectivity index (χ0v) is 21.3. The van der Waals surface area contributed by atoms with Crippen LogP contribution in [0.4, 0.5) is 0 Å². The first-order chi connectivity index (χ1) is 17.5. The molecule has 5 rings (SSSR count). The van der Waals surface area contributed by atoms with Crippen molar-refractivity contribution in [3.8, 4) is 11.4 Å². The summed E-state index contributed by atoms with van der Waals surface area (Å²) in [5.41, 5.74) is 3.88. The number of carbonyl (C=O) groups is 1. The van der Waals surface area contributed by atoms with E-state index in [4.69, 9.17) is 9.72 Å². The maximum atomic E-state index is 13.7. The molecular weight excluding hydrogens is 470 g/mol. The van der Waals surface area contributed by atoms with Crippen molar-refractivity contribution in [1.82, 2.24) is 14.9 Å². The van der Waals surface area contributed by atoms with Gasteiger partial charge in [0.15, 0.2) is 5.16 Å². The SMILES string of the molecule is COc1cccc(-n2c(SCc3cccc(C)c3)nc3cc(C(=O)NC4CCCC4)ccc3c2=O)c1. The molecule has 1 N–H and O–H groups in total. The summed E-state index contributed by atoms with van der Waals surface area (Å²) >= 11 is 1.50. The molecule has 1 aliphatic rings. The molecule has 1 aliphatic carbocycles. The van der Waals surface area contributed by atoms with E-state index in [0.717, 1.165) is 31.2 Å². The average Bonchev–Trinajstić information content (AvgIpc) is 3.40. The lowest BCUT2D eigenvalue weighted by Crippen LogP contribution is -2.32. The molecular formula is C29H29N3O3S. The molecule has 0 saturated heterocycles. The number of ether oxygens (including phenoxy) is 1. The number of hydrogen-bond donors (Lipinski definition) is 1. The van der Waals surface area contributed by atoms with Crippen LogP contribution in [0.5, 0.6) is 5.75 Å². The molecule has 1 aromatic heterocycles. The van der Waals surface area contributed by atoms with E-state index < -0.39 is 0 Å². The molecule has 0 spiro atoms. The normalized spacial score (nSPS) is 13.7. The predicted molar refractivity (Wildman–Crippen MR) is 144 cm³/mol. The molecule has 36 heavy (non-hydrogen) atoms. The standard InChI is InChI=1S/C29H29N3O3S/c1-19-7-5-8-20(15-19)18-36-29-31-26-16-21(27(33)30-22-9-3-4-10-22)13-14-25(26)28(34)32(29)23-11-6-12-24(17-23)35-2/h5-8,11-17,22H,3-4,9-10,18H2,1-2H3,(H,30,33). The van der Waals surface area contributed by atoms with E-state index in [0.29, 0.717) is 38.8 Å². The summed E-state index contributed by atoms with van der Waals surface area (Å²) in [6.45, 7) is 2.06. The third-order valence-corrected chi connectivity index (χ3v) is 7.56. The molecule has 184 valence electrons. The molecule has 1 amide bonds. The van der Waals surface area contributed by atoms with Crippen LogP contribution in [0, 0.1) is 6.92 Å². The number of rotatable bonds is 7. The number of hydrogen-bond acceptors (Lipinski definition) is 5. The van der Waals surface area contributed by atoms with Gasteiger partial charge in [-0.15, -0.1) is 0 Å². The predicted octanol–water partition coefficient (Wildman–Crippen LogP) is 5.67. The van der Waals surface area contributed by atoms with Crippen LogP contribution in [0.15, 0.2) is 76.7 Å². The Morgan fingerprint density at radius 1 is 1.08 bits per heavy atom. The van der Waals surface area contributed by atoms with E-state index in [2.05, 4.69) is 30.4 Å². The lowest BCUT2D eigenvalue weighted by Gasteiger charge is -2.15. The fourth-order valence-corrected chi connectivity index (χ4v) is 5.63. The zero-order chi connectivity index (χ0) is 25.1. The lowest BCUT2D eigenvalue weighted by atomic mass is 10.1. The zero-order valence-electron chi connectivity index (χ0n) is 20.5. The van der Waals surface area contributed by atoms with Crippen molar-refractivity contribution >= 4 is 28.6 Å². The number of carbonyl (C=O) groups excluding carboxylic acids is 1. The minimum Gasteiger partial charge on any atom is -0.497 e. The van der Waals surface area contributed by atoms with Crippen LogP contribution in [0.2, 0.25) is 0 Å². The monoisotopic (exact) mass is 499 g/mol. The number of nitrogens with one attached hydrogen (secondary N) is 1. The second-order valence-electron chi connectivity index (χ2n) is 9.20. The van der Waals surface area contributed by atoms with Crippen molar-refractivity contribution in [2.24, 2.45) is 0 Å². The van der Waals surface area contributed by atoms with Crippen molar-refractivity contribution in [3.05, 3.63) is 93.8 Å². The van der Waals surface area contributed by atoms with Crippen molar-refractivity contribution in [2.75, 3.05) is 7.11 Å². The molecule has 1 heterocycles. The van der Waals surface area contributed by atoms with E-state index >= 15 is 0 Å². The van der Waals surface area contributed by atoms with Crippen LogP contribution < -0.4 is 15.6 Å². The van der Waals surface area contributed by atoms with Crippen molar-refractivity contribution < 1.29 is 9.53 Å². The second kappa shape index (κ2) is 10.6. The summed E-state index contributed by atoms with van der Waals surface area (Å²) in [6, 6.07) is 21.1. The fraction of sp³-hybridized carbons (Fsp3) is 0.276. The van der Waals surface area contributed by atoms with Crippen LogP contribution in [0.3, 0.4) is 0 Å². The van der Waals surface area contributed by atoms with Crippen LogP contribution in [0.1, 0.15) is 47.2 Å². The first-order valence-electron chi connectivity index (χ1n) is 12.2. The van der Waals surface area contributed by atoms with Gasteiger partial charge in [-0.3, -0.25) is 14.2 Å². The number of methoxy groups -OCH3 is 1. The Morgan fingerprint density at radius 2 is 1.89 bits per heavy atom. The highest BCUT2D eigenvalue weighted by Gasteiger charge is 2.20. The Bertz CT molecular complexity index is 1470. The van der Waals surface area contributed by atoms with E-state index in [1.165, 1.54) is 17.3 Å². The maximum Gasteiger partial charge on any atom is 0.266 e. The molecule has 0 radical (unpaired) electrons. The Morgan fingerprint density at radius 3 is 2.67 bits per heavy atom. The van der Waals surface area contributed by atoms with Gasteiger partial charge in [0, 0.05) is 23.4 Å². The molecule has 0 atom stereocenters. The third kappa shape index (κ3) is 5.16. The lowest BCUT2D eigenvalue weighted by molar-refractivity contribution is 0.0938. The number of amides is 1. The Kier molecular flexibility index (Phi) is 7.09.